The molecule has 0 unspecified atom stereocenters. The van der Waals surface area contributed by atoms with Crippen molar-refractivity contribution < 1.29 is 4.74 Å². The molecule has 0 rings (SSSR count). The van der Waals surface area contributed by atoms with Crippen LogP contribution in [0.2, 0.25) is 8.87 Å². The molecule has 2 radical (unpaired) electrons. The Hall–Kier alpha value is 0.0787. The Labute approximate surface area is 125 Å². The first-order valence-corrected chi connectivity index (χ1v) is 11.5. The summed E-state index contributed by atoms with van der Waals surface area (Å²) in [7, 11) is 0. The molecular formula is C16H32OSn. The molecule has 0 N–H and O–H groups in total. The van der Waals surface area contributed by atoms with E-state index < -0.39 is 0 Å². The van der Waals surface area contributed by atoms with Gasteiger partial charge < -0.3 is 4.74 Å². The van der Waals surface area contributed by atoms with Crippen molar-refractivity contribution in [3.63, 3.8) is 0 Å². The van der Waals surface area contributed by atoms with E-state index in [-0.39, 0.29) is 21.1 Å². The summed E-state index contributed by atoms with van der Waals surface area (Å²) in [6.45, 7) is 8.73. The quantitative estimate of drug-likeness (QED) is 0.265. The summed E-state index contributed by atoms with van der Waals surface area (Å²) in [5, 5.41) is 0. The van der Waals surface area contributed by atoms with Gasteiger partial charge in [-0.2, -0.15) is 0 Å². The third-order valence-corrected chi connectivity index (χ3v) is 6.27. The van der Waals surface area contributed by atoms with E-state index in [1.807, 2.05) is 12.2 Å². The van der Waals surface area contributed by atoms with Crippen LogP contribution in [0.4, 0.5) is 0 Å². The Bertz CT molecular complexity index is 158. The van der Waals surface area contributed by atoms with Gasteiger partial charge in [0, 0.05) is 0 Å². The van der Waals surface area contributed by atoms with Crippen molar-refractivity contribution in [1.82, 2.24) is 0 Å². The molecule has 18 heavy (non-hydrogen) atoms. The molecule has 1 nitrogen and oxygen atoms in total. The predicted molar refractivity (Wildman–Crippen MR) is 85.1 cm³/mol. The number of unbranched alkanes of at least 4 members (excludes halogenated alkanes) is 2. The molecule has 0 saturated carbocycles. The zero-order chi connectivity index (χ0) is 13.9. The van der Waals surface area contributed by atoms with E-state index in [9.17, 15) is 0 Å². The van der Waals surface area contributed by atoms with Crippen LogP contribution in [0.15, 0.2) is 24.7 Å². The molecule has 0 saturated heterocycles. The Balaban J connectivity index is 0. The van der Waals surface area contributed by atoms with Gasteiger partial charge in [0.05, 0.1) is 12.5 Å². The molecule has 0 amide bonds. The minimum absolute atomic E-state index is 0.149. The maximum absolute atomic E-state index is 4.95. The molecule has 2 heteroatoms. The normalized spacial score (nSPS) is 10.7. The van der Waals surface area contributed by atoms with Gasteiger partial charge in [0.25, 0.3) is 0 Å². The molecule has 0 atom stereocenters. The molecule has 0 aliphatic heterocycles. The fourth-order valence-electron chi connectivity index (χ4n) is 1.08. The molecule has 0 aromatic rings. The van der Waals surface area contributed by atoms with Crippen LogP contribution < -0.4 is 0 Å². The molecule has 0 aliphatic carbocycles. The van der Waals surface area contributed by atoms with E-state index in [4.69, 9.17) is 4.74 Å². The van der Waals surface area contributed by atoms with Crippen molar-refractivity contribution in [2.45, 2.75) is 75.1 Å². The second-order valence-electron chi connectivity index (χ2n) is 4.15. The molecular weight excluding hydrogens is 327 g/mol. The third-order valence-electron chi connectivity index (χ3n) is 2.24. The monoisotopic (exact) mass is 360 g/mol. The summed E-state index contributed by atoms with van der Waals surface area (Å²) < 4.78 is 8.20. The van der Waals surface area contributed by atoms with E-state index >= 15 is 0 Å². The van der Waals surface area contributed by atoms with E-state index in [1.54, 1.807) is 21.4 Å². The topological polar surface area (TPSA) is 9.23 Å². The van der Waals surface area contributed by atoms with Crippen molar-refractivity contribution in [2.75, 3.05) is 0 Å². The summed E-state index contributed by atoms with van der Waals surface area (Å²) in [5.74, 6) is 0. The SMILES string of the molecule is CCC=COC=CCC.CCC[CH2][Sn][CH2]CCC. The third kappa shape index (κ3) is 25.1. The Morgan fingerprint density at radius 2 is 1.22 bits per heavy atom. The van der Waals surface area contributed by atoms with Crippen LogP contribution >= 0.6 is 0 Å². The summed E-state index contributed by atoms with van der Waals surface area (Å²) >= 11 is 0.149. The van der Waals surface area contributed by atoms with Gasteiger partial charge in [-0.3, -0.25) is 0 Å². The van der Waals surface area contributed by atoms with Gasteiger partial charge in [0.2, 0.25) is 0 Å². The number of hydrogen-bond acceptors (Lipinski definition) is 1. The van der Waals surface area contributed by atoms with Crippen molar-refractivity contribution >= 4 is 21.1 Å². The van der Waals surface area contributed by atoms with Crippen molar-refractivity contribution in [2.24, 2.45) is 0 Å². The van der Waals surface area contributed by atoms with Gasteiger partial charge >= 0.3 is 69.5 Å². The first-order chi connectivity index (χ1) is 8.83. The average Bonchev–Trinajstić information content (AvgIpc) is 2.39. The van der Waals surface area contributed by atoms with Crippen LogP contribution in [0.1, 0.15) is 66.2 Å². The zero-order valence-electron chi connectivity index (χ0n) is 12.9. The molecule has 0 bridgehead atoms. The van der Waals surface area contributed by atoms with Gasteiger partial charge in [-0.15, -0.1) is 0 Å². The van der Waals surface area contributed by atoms with Crippen molar-refractivity contribution in [1.29, 1.82) is 0 Å². The minimum atomic E-state index is 0.149. The number of allylic oxidation sites excluding steroid dienone is 2. The van der Waals surface area contributed by atoms with Crippen LogP contribution in [0.3, 0.4) is 0 Å². The zero-order valence-corrected chi connectivity index (χ0v) is 15.7. The summed E-state index contributed by atoms with van der Waals surface area (Å²) in [5.41, 5.74) is 0. The summed E-state index contributed by atoms with van der Waals surface area (Å²) in [6.07, 6.45) is 15.2. The fourth-order valence-corrected chi connectivity index (χ4v) is 5.24. The Morgan fingerprint density at radius 3 is 1.56 bits per heavy atom. The van der Waals surface area contributed by atoms with Crippen LogP contribution in [0, 0.1) is 0 Å². The van der Waals surface area contributed by atoms with Crippen molar-refractivity contribution in [3.8, 4) is 0 Å². The standard InChI is InChI=1S/C8H14O.2C4H9.Sn/c1-3-5-7-9-8-6-4-2;2*1-3-4-2;/h5-8H,3-4H2,1-2H3;2*1,3-4H2,2H3;. The van der Waals surface area contributed by atoms with E-state index in [2.05, 4.69) is 27.7 Å². The van der Waals surface area contributed by atoms with Gasteiger partial charge in [0.1, 0.15) is 0 Å². The summed E-state index contributed by atoms with van der Waals surface area (Å²) in [6, 6.07) is 0. The van der Waals surface area contributed by atoms with E-state index in [0.29, 0.717) is 0 Å². The Morgan fingerprint density at radius 1 is 0.778 bits per heavy atom. The van der Waals surface area contributed by atoms with E-state index in [1.165, 1.54) is 25.7 Å². The Kier molecular flexibility index (Phi) is 25.2. The van der Waals surface area contributed by atoms with Gasteiger partial charge in [0.15, 0.2) is 0 Å². The van der Waals surface area contributed by atoms with Crippen LogP contribution in [0.5, 0.6) is 0 Å². The predicted octanol–water partition coefficient (Wildman–Crippen LogP) is 5.98. The van der Waals surface area contributed by atoms with Gasteiger partial charge in [-0.1, -0.05) is 13.8 Å². The first kappa shape index (κ1) is 20.4. The van der Waals surface area contributed by atoms with Crippen LogP contribution in [-0.2, 0) is 4.74 Å². The van der Waals surface area contributed by atoms with Gasteiger partial charge in [-0.25, -0.2) is 0 Å². The fraction of sp³-hybridized carbons (Fsp3) is 0.750. The molecule has 0 aliphatic rings. The second kappa shape index (κ2) is 22.3. The molecule has 0 fully saturated rings. The number of rotatable bonds is 10. The number of ether oxygens (including phenoxy) is 1. The second-order valence-corrected chi connectivity index (χ2v) is 8.43. The van der Waals surface area contributed by atoms with Gasteiger partial charge in [-0.05, 0) is 25.0 Å². The molecule has 0 aromatic carbocycles. The summed E-state index contributed by atoms with van der Waals surface area (Å²) in [4.78, 5) is 0. The molecule has 0 aromatic heterocycles. The van der Waals surface area contributed by atoms with Crippen LogP contribution in [-0.4, -0.2) is 21.1 Å². The van der Waals surface area contributed by atoms with E-state index in [0.717, 1.165) is 12.8 Å². The van der Waals surface area contributed by atoms with Crippen LogP contribution in [0.25, 0.3) is 0 Å². The maximum atomic E-state index is 4.95. The van der Waals surface area contributed by atoms with Crippen molar-refractivity contribution in [3.05, 3.63) is 24.7 Å². The first-order valence-electron chi connectivity index (χ1n) is 7.49. The molecule has 0 spiro atoms. The molecule has 106 valence electrons. The average molecular weight is 359 g/mol. The number of hydrogen-bond donors (Lipinski definition) is 0. The molecule has 0 heterocycles.